The van der Waals surface area contributed by atoms with Gasteiger partial charge in [0.05, 0.1) is 16.9 Å². The molecule has 0 unspecified atom stereocenters. The number of aromatic nitrogens is 1. The van der Waals surface area contributed by atoms with E-state index in [1.165, 1.54) is 0 Å². The number of pyridine rings is 1. The van der Waals surface area contributed by atoms with Crippen LogP contribution in [-0.2, 0) is 0 Å². The van der Waals surface area contributed by atoms with Crippen LogP contribution in [0.1, 0.15) is 11.3 Å². The van der Waals surface area contributed by atoms with Crippen molar-refractivity contribution < 1.29 is 9.53 Å². The van der Waals surface area contributed by atoms with Crippen LogP contribution in [0.5, 0.6) is 5.75 Å². The first-order valence-corrected chi connectivity index (χ1v) is 7.04. The van der Waals surface area contributed by atoms with Gasteiger partial charge in [-0.1, -0.05) is 29.8 Å². The Labute approximate surface area is 128 Å². The largest absolute Gasteiger partial charge is 0.417 e. The summed E-state index contributed by atoms with van der Waals surface area (Å²) in [7, 11) is 0. The molecule has 3 aromatic rings. The minimum atomic E-state index is -0.525. The normalized spacial score (nSPS) is 10.5. The minimum absolute atomic E-state index is 0.502. The highest BCUT2D eigenvalue weighted by Crippen LogP contribution is 2.22. The van der Waals surface area contributed by atoms with Gasteiger partial charge in [0.1, 0.15) is 5.75 Å². The van der Waals surface area contributed by atoms with E-state index in [2.05, 4.69) is 10.3 Å². The standard InChI is InChI=1S/C18H16N2O2/c1-12-8-9-16-14(10-12)11-17(13(2)19-16)20-18(21)22-15-6-4-3-5-7-15/h3-11H,1-2H3,(H,20,21). The van der Waals surface area contributed by atoms with Crippen LogP contribution < -0.4 is 10.1 Å². The van der Waals surface area contributed by atoms with Crippen molar-refractivity contribution in [2.45, 2.75) is 13.8 Å². The number of rotatable bonds is 2. The van der Waals surface area contributed by atoms with E-state index in [0.29, 0.717) is 11.4 Å². The number of hydrogen-bond donors (Lipinski definition) is 1. The number of nitrogens with zero attached hydrogens (tertiary/aromatic N) is 1. The summed E-state index contributed by atoms with van der Waals surface area (Å²) < 4.78 is 5.23. The Balaban J connectivity index is 1.83. The molecule has 4 nitrogen and oxygen atoms in total. The Morgan fingerprint density at radius 1 is 1.05 bits per heavy atom. The highest BCUT2D eigenvalue weighted by molar-refractivity contribution is 5.91. The number of aryl methyl sites for hydroxylation is 2. The molecule has 0 aliphatic carbocycles. The summed E-state index contributed by atoms with van der Waals surface area (Å²) >= 11 is 0. The van der Waals surface area contributed by atoms with E-state index < -0.39 is 6.09 Å². The summed E-state index contributed by atoms with van der Waals surface area (Å²) in [4.78, 5) is 16.5. The summed E-state index contributed by atoms with van der Waals surface area (Å²) in [6.07, 6.45) is -0.525. The molecule has 0 atom stereocenters. The van der Waals surface area contributed by atoms with Crippen molar-refractivity contribution >= 4 is 22.7 Å². The molecule has 0 aliphatic heterocycles. The summed E-state index contributed by atoms with van der Waals surface area (Å²) in [5.41, 5.74) is 3.46. The summed E-state index contributed by atoms with van der Waals surface area (Å²) in [6, 6.07) is 16.9. The molecule has 0 bridgehead atoms. The van der Waals surface area contributed by atoms with E-state index >= 15 is 0 Å². The van der Waals surface area contributed by atoms with Crippen LogP contribution in [-0.4, -0.2) is 11.1 Å². The highest BCUT2D eigenvalue weighted by atomic mass is 16.6. The lowest BCUT2D eigenvalue weighted by atomic mass is 10.1. The van der Waals surface area contributed by atoms with Crippen molar-refractivity contribution in [2.24, 2.45) is 0 Å². The number of fused-ring (bicyclic) bond motifs is 1. The van der Waals surface area contributed by atoms with Crippen molar-refractivity contribution in [3.8, 4) is 5.75 Å². The van der Waals surface area contributed by atoms with Gasteiger partial charge in [-0.3, -0.25) is 10.3 Å². The Kier molecular flexibility index (Phi) is 3.74. The summed E-state index contributed by atoms with van der Waals surface area (Å²) in [5.74, 6) is 0.502. The number of nitrogens with one attached hydrogen (secondary N) is 1. The van der Waals surface area contributed by atoms with Crippen molar-refractivity contribution in [1.82, 2.24) is 4.98 Å². The van der Waals surface area contributed by atoms with Gasteiger partial charge in [-0.05, 0) is 44.2 Å². The molecule has 0 aliphatic rings. The number of ether oxygens (including phenoxy) is 1. The number of carbonyl (C=O) groups excluding carboxylic acids is 1. The number of para-hydroxylation sites is 1. The van der Waals surface area contributed by atoms with E-state index in [-0.39, 0.29) is 0 Å². The zero-order valence-electron chi connectivity index (χ0n) is 12.5. The van der Waals surface area contributed by atoms with Crippen LogP contribution in [0, 0.1) is 13.8 Å². The van der Waals surface area contributed by atoms with Crippen LogP contribution in [0.2, 0.25) is 0 Å². The Morgan fingerprint density at radius 3 is 2.59 bits per heavy atom. The average molecular weight is 292 g/mol. The van der Waals surface area contributed by atoms with E-state index in [9.17, 15) is 4.79 Å². The number of benzene rings is 2. The Bertz CT molecular complexity index is 829. The molecule has 4 heteroatoms. The van der Waals surface area contributed by atoms with Gasteiger partial charge in [-0.2, -0.15) is 0 Å². The summed E-state index contributed by atoms with van der Waals surface area (Å²) in [6.45, 7) is 3.88. The van der Waals surface area contributed by atoms with Crippen LogP contribution in [0.25, 0.3) is 10.9 Å². The first-order valence-electron chi connectivity index (χ1n) is 7.04. The second-order valence-electron chi connectivity index (χ2n) is 5.15. The van der Waals surface area contributed by atoms with E-state index in [0.717, 1.165) is 22.2 Å². The second-order valence-corrected chi connectivity index (χ2v) is 5.15. The molecule has 110 valence electrons. The third kappa shape index (κ3) is 3.06. The predicted molar refractivity (Wildman–Crippen MR) is 87.3 cm³/mol. The number of amides is 1. The molecule has 2 aromatic carbocycles. The molecule has 0 fully saturated rings. The van der Waals surface area contributed by atoms with Gasteiger partial charge in [0.25, 0.3) is 0 Å². The number of hydrogen-bond acceptors (Lipinski definition) is 3. The fourth-order valence-electron chi connectivity index (χ4n) is 2.25. The zero-order chi connectivity index (χ0) is 15.5. The van der Waals surface area contributed by atoms with E-state index in [4.69, 9.17) is 4.74 Å². The first kappa shape index (κ1) is 14.1. The molecule has 1 heterocycles. The predicted octanol–water partition coefficient (Wildman–Crippen LogP) is 4.46. The average Bonchev–Trinajstić information content (AvgIpc) is 2.49. The molecule has 22 heavy (non-hydrogen) atoms. The van der Waals surface area contributed by atoms with Crippen LogP contribution >= 0.6 is 0 Å². The molecule has 1 N–H and O–H groups in total. The molecule has 3 rings (SSSR count). The third-order valence-corrected chi connectivity index (χ3v) is 3.35. The molecule has 0 saturated carbocycles. The maximum Gasteiger partial charge on any atom is 0.417 e. The van der Waals surface area contributed by atoms with Gasteiger partial charge in [0.15, 0.2) is 0 Å². The van der Waals surface area contributed by atoms with E-state index in [1.54, 1.807) is 12.1 Å². The Hall–Kier alpha value is -2.88. The fraction of sp³-hybridized carbons (Fsp3) is 0.111. The molecule has 1 aromatic heterocycles. The van der Waals surface area contributed by atoms with Crippen LogP contribution in [0.4, 0.5) is 10.5 Å². The van der Waals surface area contributed by atoms with Crippen molar-refractivity contribution in [3.63, 3.8) is 0 Å². The smallest absolute Gasteiger partial charge is 0.410 e. The van der Waals surface area contributed by atoms with Crippen molar-refractivity contribution in [2.75, 3.05) is 5.32 Å². The molecule has 0 spiro atoms. The van der Waals surface area contributed by atoms with Crippen LogP contribution in [0.15, 0.2) is 54.6 Å². The van der Waals surface area contributed by atoms with Gasteiger partial charge >= 0.3 is 6.09 Å². The zero-order valence-corrected chi connectivity index (χ0v) is 12.5. The lowest BCUT2D eigenvalue weighted by Gasteiger charge is -2.10. The maximum absolute atomic E-state index is 12.0. The number of anilines is 1. The lowest BCUT2D eigenvalue weighted by molar-refractivity contribution is 0.215. The SMILES string of the molecule is Cc1ccc2nc(C)c(NC(=O)Oc3ccccc3)cc2c1. The highest BCUT2D eigenvalue weighted by Gasteiger charge is 2.09. The minimum Gasteiger partial charge on any atom is -0.410 e. The molecule has 0 radical (unpaired) electrons. The first-order chi connectivity index (χ1) is 10.6. The molecular formula is C18H16N2O2. The van der Waals surface area contributed by atoms with Gasteiger partial charge < -0.3 is 4.74 Å². The van der Waals surface area contributed by atoms with Gasteiger partial charge in [0.2, 0.25) is 0 Å². The molecular weight excluding hydrogens is 276 g/mol. The molecule has 0 saturated heterocycles. The quantitative estimate of drug-likeness (QED) is 0.758. The van der Waals surface area contributed by atoms with Crippen molar-refractivity contribution in [1.29, 1.82) is 0 Å². The monoisotopic (exact) mass is 292 g/mol. The lowest BCUT2D eigenvalue weighted by Crippen LogP contribution is -2.17. The fourth-order valence-corrected chi connectivity index (χ4v) is 2.25. The van der Waals surface area contributed by atoms with Gasteiger partial charge in [0, 0.05) is 5.39 Å². The van der Waals surface area contributed by atoms with Crippen LogP contribution in [0.3, 0.4) is 0 Å². The van der Waals surface area contributed by atoms with Gasteiger partial charge in [-0.25, -0.2) is 4.79 Å². The molecule has 1 amide bonds. The van der Waals surface area contributed by atoms with Gasteiger partial charge in [-0.15, -0.1) is 0 Å². The topological polar surface area (TPSA) is 51.2 Å². The number of carbonyl (C=O) groups is 1. The second kappa shape index (κ2) is 5.85. The van der Waals surface area contributed by atoms with E-state index in [1.807, 2.05) is 56.3 Å². The maximum atomic E-state index is 12.0. The van der Waals surface area contributed by atoms with Crippen molar-refractivity contribution in [3.05, 3.63) is 65.9 Å². The Morgan fingerprint density at radius 2 is 1.82 bits per heavy atom. The summed E-state index contributed by atoms with van der Waals surface area (Å²) in [5, 5.41) is 3.73. The third-order valence-electron chi connectivity index (χ3n) is 3.35.